The molecule has 0 bridgehead atoms. The van der Waals surface area contributed by atoms with Gasteiger partial charge in [-0.2, -0.15) is 0 Å². The molecule has 1 heterocycles. The fourth-order valence-corrected chi connectivity index (χ4v) is 3.52. The first-order chi connectivity index (χ1) is 10.3. The van der Waals surface area contributed by atoms with Gasteiger partial charge in [-0.05, 0) is 31.2 Å². The number of fused-ring (bicyclic) bond motifs is 1. The number of carbonyl (C=O) groups excluding carboxylic acids is 1. The highest BCUT2D eigenvalue weighted by Crippen LogP contribution is 2.30. The average Bonchev–Trinajstić information content (AvgIpc) is 3.01. The number of nitrogens with zero attached hydrogens (tertiary/aromatic N) is 1. The van der Waals surface area contributed by atoms with E-state index < -0.39 is 0 Å². The second kappa shape index (κ2) is 6.58. The molecule has 0 radical (unpaired) electrons. The SMILES string of the molecule is NC(CCC(=O)N1CCOC2CCCC21)c1ccccc1. The minimum atomic E-state index is -0.0597. The monoisotopic (exact) mass is 288 g/mol. The van der Waals surface area contributed by atoms with Crippen LogP contribution in [0.4, 0.5) is 0 Å². The standard InChI is InChI=1S/C17H24N2O2/c18-14(13-5-2-1-3-6-13)9-10-17(20)19-11-12-21-16-8-4-7-15(16)19/h1-3,5-6,14-16H,4,7-12,18H2. The van der Waals surface area contributed by atoms with Crippen molar-refractivity contribution in [2.75, 3.05) is 13.2 Å². The minimum Gasteiger partial charge on any atom is -0.374 e. The molecule has 1 aliphatic carbocycles. The van der Waals surface area contributed by atoms with Crippen LogP contribution >= 0.6 is 0 Å². The van der Waals surface area contributed by atoms with Crippen LogP contribution < -0.4 is 5.73 Å². The Morgan fingerprint density at radius 2 is 2.14 bits per heavy atom. The van der Waals surface area contributed by atoms with Gasteiger partial charge < -0.3 is 15.4 Å². The van der Waals surface area contributed by atoms with Crippen LogP contribution in [-0.4, -0.2) is 36.1 Å². The number of nitrogens with two attached hydrogens (primary N) is 1. The van der Waals surface area contributed by atoms with Crippen molar-refractivity contribution in [3.8, 4) is 0 Å². The van der Waals surface area contributed by atoms with Crippen LogP contribution in [0.2, 0.25) is 0 Å². The molecule has 1 aromatic rings. The maximum atomic E-state index is 12.5. The first-order valence-electron chi connectivity index (χ1n) is 7.97. The van der Waals surface area contributed by atoms with E-state index in [-0.39, 0.29) is 18.1 Å². The molecule has 0 spiro atoms. The Morgan fingerprint density at radius 1 is 1.33 bits per heavy atom. The molecule has 1 aromatic carbocycles. The number of morpholine rings is 1. The summed E-state index contributed by atoms with van der Waals surface area (Å²) in [6.45, 7) is 1.41. The zero-order valence-electron chi connectivity index (χ0n) is 12.4. The van der Waals surface area contributed by atoms with Gasteiger partial charge in [-0.3, -0.25) is 4.79 Å². The van der Waals surface area contributed by atoms with Crippen LogP contribution in [0.15, 0.2) is 30.3 Å². The highest BCUT2D eigenvalue weighted by atomic mass is 16.5. The lowest BCUT2D eigenvalue weighted by Gasteiger charge is -2.38. The van der Waals surface area contributed by atoms with E-state index in [0.29, 0.717) is 25.5 Å². The fourth-order valence-electron chi connectivity index (χ4n) is 3.52. The maximum absolute atomic E-state index is 12.5. The van der Waals surface area contributed by atoms with Crippen LogP contribution in [0.5, 0.6) is 0 Å². The molecule has 3 atom stereocenters. The molecule has 1 amide bonds. The molecule has 1 saturated heterocycles. The predicted molar refractivity (Wildman–Crippen MR) is 81.7 cm³/mol. The van der Waals surface area contributed by atoms with E-state index in [4.69, 9.17) is 10.5 Å². The van der Waals surface area contributed by atoms with Gasteiger partial charge in [0, 0.05) is 19.0 Å². The maximum Gasteiger partial charge on any atom is 0.223 e. The lowest BCUT2D eigenvalue weighted by atomic mass is 10.0. The van der Waals surface area contributed by atoms with Crippen LogP contribution in [0.25, 0.3) is 0 Å². The van der Waals surface area contributed by atoms with E-state index in [0.717, 1.165) is 24.9 Å². The molecule has 114 valence electrons. The summed E-state index contributed by atoms with van der Waals surface area (Å²) in [5.74, 6) is 0.238. The van der Waals surface area contributed by atoms with Crippen molar-refractivity contribution in [3.63, 3.8) is 0 Å². The van der Waals surface area contributed by atoms with Gasteiger partial charge in [0.1, 0.15) is 0 Å². The molecule has 21 heavy (non-hydrogen) atoms. The Bertz CT molecular complexity index is 477. The number of hydrogen-bond acceptors (Lipinski definition) is 3. The Kier molecular flexibility index (Phi) is 4.56. The summed E-state index contributed by atoms with van der Waals surface area (Å²) in [5.41, 5.74) is 7.29. The molecule has 2 fully saturated rings. The molecule has 0 aromatic heterocycles. The van der Waals surface area contributed by atoms with E-state index in [1.54, 1.807) is 0 Å². The van der Waals surface area contributed by atoms with Crippen LogP contribution in [0.1, 0.15) is 43.7 Å². The van der Waals surface area contributed by atoms with E-state index in [1.165, 1.54) is 6.42 Å². The molecule has 1 aliphatic heterocycles. The van der Waals surface area contributed by atoms with Gasteiger partial charge in [0.2, 0.25) is 5.91 Å². The van der Waals surface area contributed by atoms with Crippen molar-refractivity contribution in [1.29, 1.82) is 0 Å². The summed E-state index contributed by atoms with van der Waals surface area (Å²) in [7, 11) is 0. The quantitative estimate of drug-likeness (QED) is 0.924. The van der Waals surface area contributed by atoms with Crippen molar-refractivity contribution in [2.24, 2.45) is 5.73 Å². The van der Waals surface area contributed by atoms with E-state index in [1.807, 2.05) is 35.2 Å². The van der Waals surface area contributed by atoms with Crippen molar-refractivity contribution < 1.29 is 9.53 Å². The number of amides is 1. The summed E-state index contributed by atoms with van der Waals surface area (Å²) in [6, 6.07) is 10.3. The second-order valence-corrected chi connectivity index (χ2v) is 6.05. The molecule has 3 unspecified atom stereocenters. The molecular formula is C17H24N2O2. The van der Waals surface area contributed by atoms with Gasteiger partial charge in [-0.15, -0.1) is 0 Å². The Balaban J connectivity index is 1.54. The summed E-state index contributed by atoms with van der Waals surface area (Å²) >= 11 is 0. The van der Waals surface area contributed by atoms with Crippen molar-refractivity contribution in [3.05, 3.63) is 35.9 Å². The Morgan fingerprint density at radius 3 is 2.95 bits per heavy atom. The summed E-state index contributed by atoms with van der Waals surface area (Å²) < 4.78 is 5.76. The average molecular weight is 288 g/mol. The van der Waals surface area contributed by atoms with Gasteiger partial charge in [0.05, 0.1) is 18.8 Å². The lowest BCUT2D eigenvalue weighted by molar-refractivity contribution is -0.144. The topological polar surface area (TPSA) is 55.6 Å². The van der Waals surface area contributed by atoms with Gasteiger partial charge >= 0.3 is 0 Å². The Hall–Kier alpha value is -1.39. The third-order valence-electron chi connectivity index (χ3n) is 4.70. The number of benzene rings is 1. The van der Waals surface area contributed by atoms with Gasteiger partial charge in [-0.25, -0.2) is 0 Å². The largest absolute Gasteiger partial charge is 0.374 e. The molecule has 2 N–H and O–H groups in total. The number of hydrogen-bond donors (Lipinski definition) is 1. The molecular weight excluding hydrogens is 264 g/mol. The molecule has 3 rings (SSSR count). The van der Waals surface area contributed by atoms with Crippen LogP contribution in [0.3, 0.4) is 0 Å². The van der Waals surface area contributed by atoms with E-state index in [2.05, 4.69) is 0 Å². The summed E-state index contributed by atoms with van der Waals surface area (Å²) in [4.78, 5) is 14.5. The predicted octanol–water partition coefficient (Wildman–Crippen LogP) is 2.25. The van der Waals surface area contributed by atoms with Gasteiger partial charge in [0.25, 0.3) is 0 Å². The summed E-state index contributed by atoms with van der Waals surface area (Å²) in [6.07, 6.45) is 4.85. The fraction of sp³-hybridized carbons (Fsp3) is 0.588. The normalized spacial score (nSPS) is 26.4. The van der Waals surface area contributed by atoms with Crippen LogP contribution in [0, 0.1) is 0 Å². The van der Waals surface area contributed by atoms with Crippen molar-refractivity contribution in [1.82, 2.24) is 4.90 Å². The second-order valence-electron chi connectivity index (χ2n) is 6.05. The van der Waals surface area contributed by atoms with Crippen molar-refractivity contribution >= 4 is 5.91 Å². The van der Waals surface area contributed by atoms with E-state index >= 15 is 0 Å². The third-order valence-corrected chi connectivity index (χ3v) is 4.70. The van der Waals surface area contributed by atoms with Crippen molar-refractivity contribution in [2.45, 2.75) is 50.3 Å². The molecule has 4 nitrogen and oxygen atoms in total. The van der Waals surface area contributed by atoms with Gasteiger partial charge in [0.15, 0.2) is 0 Å². The smallest absolute Gasteiger partial charge is 0.223 e. The molecule has 4 heteroatoms. The van der Waals surface area contributed by atoms with Crippen LogP contribution in [-0.2, 0) is 9.53 Å². The minimum absolute atomic E-state index is 0.0597. The highest BCUT2D eigenvalue weighted by Gasteiger charge is 2.38. The first kappa shape index (κ1) is 14.5. The third kappa shape index (κ3) is 3.27. The molecule has 1 saturated carbocycles. The number of rotatable bonds is 4. The number of ether oxygens (including phenoxy) is 1. The molecule has 2 aliphatic rings. The van der Waals surface area contributed by atoms with Gasteiger partial charge in [-0.1, -0.05) is 30.3 Å². The number of carbonyl (C=O) groups is 1. The zero-order chi connectivity index (χ0) is 14.7. The first-order valence-corrected chi connectivity index (χ1v) is 7.97. The zero-order valence-corrected chi connectivity index (χ0v) is 12.4. The Labute approximate surface area is 126 Å². The summed E-state index contributed by atoms with van der Waals surface area (Å²) in [5, 5.41) is 0. The highest BCUT2D eigenvalue weighted by molar-refractivity contribution is 5.76. The van der Waals surface area contributed by atoms with E-state index in [9.17, 15) is 4.79 Å². The lowest BCUT2D eigenvalue weighted by Crippen LogP contribution is -2.51.